The van der Waals surface area contributed by atoms with Gasteiger partial charge in [0.1, 0.15) is 0 Å². The van der Waals surface area contributed by atoms with Gasteiger partial charge in [0.2, 0.25) is 0 Å². The summed E-state index contributed by atoms with van der Waals surface area (Å²) in [6.45, 7) is 7.93. The molecule has 16 heavy (non-hydrogen) atoms. The van der Waals surface area contributed by atoms with E-state index in [2.05, 4.69) is 11.8 Å². The van der Waals surface area contributed by atoms with Crippen molar-refractivity contribution in [2.75, 3.05) is 0 Å². The van der Waals surface area contributed by atoms with Gasteiger partial charge in [-0.2, -0.15) is 0 Å². The van der Waals surface area contributed by atoms with Crippen LogP contribution < -0.4 is 0 Å². The average Bonchev–Trinajstić information content (AvgIpc) is 2.13. The van der Waals surface area contributed by atoms with Crippen LogP contribution in [-0.2, 0) is 0 Å². The summed E-state index contributed by atoms with van der Waals surface area (Å²) >= 11 is 0. The molecule has 0 fully saturated rings. The quantitative estimate of drug-likeness (QED) is 0.732. The molecule has 0 aliphatic carbocycles. The first-order valence-corrected chi connectivity index (χ1v) is 5.16. The van der Waals surface area contributed by atoms with E-state index in [0.717, 1.165) is 11.1 Å². The van der Waals surface area contributed by atoms with E-state index in [1.807, 2.05) is 33.8 Å². The van der Waals surface area contributed by atoms with E-state index in [4.69, 9.17) is 5.11 Å². The van der Waals surface area contributed by atoms with Gasteiger partial charge in [-0.25, -0.2) is 4.79 Å². The van der Waals surface area contributed by atoms with E-state index in [-0.39, 0.29) is 5.41 Å². The highest BCUT2D eigenvalue weighted by Gasteiger charge is 2.06. The first-order valence-electron chi connectivity index (χ1n) is 5.16. The third-order valence-corrected chi connectivity index (χ3v) is 1.91. The molecule has 1 aromatic carbocycles. The second kappa shape index (κ2) is 4.40. The SMILES string of the molecule is Cc1cc(C#CC(C)(C)C)cc(C(=O)O)c1. The lowest BCUT2D eigenvalue weighted by atomic mass is 9.97. The van der Waals surface area contributed by atoms with Gasteiger partial charge in [-0.3, -0.25) is 0 Å². The van der Waals surface area contributed by atoms with E-state index in [0.29, 0.717) is 5.56 Å². The van der Waals surface area contributed by atoms with E-state index < -0.39 is 5.97 Å². The van der Waals surface area contributed by atoms with Crippen LogP contribution in [0.2, 0.25) is 0 Å². The van der Waals surface area contributed by atoms with Crippen molar-refractivity contribution in [3.8, 4) is 11.8 Å². The first-order chi connectivity index (χ1) is 7.28. The Balaban J connectivity index is 3.14. The summed E-state index contributed by atoms with van der Waals surface area (Å²) in [4.78, 5) is 10.9. The van der Waals surface area contributed by atoms with Crippen molar-refractivity contribution in [3.05, 3.63) is 34.9 Å². The molecule has 0 aliphatic rings. The third kappa shape index (κ3) is 3.78. The molecule has 0 bridgehead atoms. The molecule has 0 heterocycles. The second-order valence-electron chi connectivity index (χ2n) is 4.89. The van der Waals surface area contributed by atoms with Crippen LogP contribution in [0.3, 0.4) is 0 Å². The number of rotatable bonds is 1. The van der Waals surface area contributed by atoms with Gasteiger partial charge < -0.3 is 5.11 Å². The van der Waals surface area contributed by atoms with Crippen LogP contribution in [0.1, 0.15) is 42.3 Å². The number of aryl methyl sites for hydroxylation is 1. The Labute approximate surface area is 96.3 Å². The highest BCUT2D eigenvalue weighted by molar-refractivity contribution is 5.88. The average molecular weight is 216 g/mol. The van der Waals surface area contributed by atoms with Gasteiger partial charge in [-0.15, -0.1) is 0 Å². The molecule has 1 rings (SSSR count). The lowest BCUT2D eigenvalue weighted by Crippen LogP contribution is -2.00. The molecular formula is C14H16O2. The first kappa shape index (κ1) is 12.3. The predicted molar refractivity (Wildman–Crippen MR) is 64.5 cm³/mol. The summed E-state index contributed by atoms with van der Waals surface area (Å²) in [5.41, 5.74) is 1.89. The fraction of sp³-hybridized carbons (Fsp3) is 0.357. The monoisotopic (exact) mass is 216 g/mol. The molecule has 1 aromatic rings. The zero-order valence-electron chi connectivity index (χ0n) is 10.1. The zero-order chi connectivity index (χ0) is 12.3. The van der Waals surface area contributed by atoms with Gasteiger partial charge in [0, 0.05) is 11.0 Å². The number of carboxylic acids is 1. The molecule has 0 aliphatic heterocycles. The fourth-order valence-electron chi connectivity index (χ4n) is 1.24. The normalized spacial score (nSPS) is 10.5. The molecular weight excluding hydrogens is 200 g/mol. The Bertz CT molecular complexity index is 468. The Morgan fingerprint density at radius 2 is 1.88 bits per heavy atom. The molecule has 0 saturated carbocycles. The van der Waals surface area contributed by atoms with Crippen molar-refractivity contribution in [3.63, 3.8) is 0 Å². The van der Waals surface area contributed by atoms with Gasteiger partial charge in [0.15, 0.2) is 0 Å². The summed E-state index contributed by atoms with van der Waals surface area (Å²) in [6, 6.07) is 5.14. The molecule has 0 saturated heterocycles. The van der Waals surface area contributed by atoms with Gasteiger partial charge >= 0.3 is 5.97 Å². The molecule has 0 amide bonds. The van der Waals surface area contributed by atoms with Crippen LogP contribution >= 0.6 is 0 Å². The van der Waals surface area contributed by atoms with E-state index >= 15 is 0 Å². The summed E-state index contributed by atoms with van der Waals surface area (Å²) in [5.74, 6) is 5.18. The van der Waals surface area contributed by atoms with Gasteiger partial charge in [0.05, 0.1) is 5.56 Å². The van der Waals surface area contributed by atoms with Crippen molar-refractivity contribution in [1.82, 2.24) is 0 Å². The Hall–Kier alpha value is -1.75. The van der Waals surface area contributed by atoms with Crippen LogP contribution in [0.4, 0.5) is 0 Å². The van der Waals surface area contributed by atoms with Crippen LogP contribution in [0, 0.1) is 24.2 Å². The highest BCUT2D eigenvalue weighted by Crippen LogP contribution is 2.13. The smallest absolute Gasteiger partial charge is 0.335 e. The van der Waals surface area contributed by atoms with E-state index in [9.17, 15) is 4.79 Å². The summed E-state index contributed by atoms with van der Waals surface area (Å²) in [6.07, 6.45) is 0. The molecule has 0 aromatic heterocycles. The summed E-state index contributed by atoms with van der Waals surface area (Å²) < 4.78 is 0. The van der Waals surface area contributed by atoms with Gasteiger partial charge in [-0.1, -0.05) is 11.8 Å². The van der Waals surface area contributed by atoms with Crippen molar-refractivity contribution >= 4 is 5.97 Å². The minimum Gasteiger partial charge on any atom is -0.478 e. The standard InChI is InChI=1S/C14H16O2/c1-10-7-11(5-6-14(2,3)4)9-12(8-10)13(15)16/h7-9H,1-4H3,(H,15,16). The zero-order valence-corrected chi connectivity index (χ0v) is 10.1. The lowest BCUT2D eigenvalue weighted by Gasteiger charge is -2.07. The van der Waals surface area contributed by atoms with Crippen molar-refractivity contribution in [2.45, 2.75) is 27.7 Å². The number of carbonyl (C=O) groups is 1. The van der Waals surface area contributed by atoms with Gasteiger partial charge in [-0.05, 0) is 51.5 Å². The minimum absolute atomic E-state index is 0.0763. The van der Waals surface area contributed by atoms with E-state index in [1.54, 1.807) is 12.1 Å². The number of carboxylic acid groups (broad SMARTS) is 1. The summed E-state index contributed by atoms with van der Waals surface area (Å²) in [5, 5.41) is 8.91. The van der Waals surface area contributed by atoms with Crippen LogP contribution in [0.5, 0.6) is 0 Å². The second-order valence-corrected chi connectivity index (χ2v) is 4.89. The number of aromatic carboxylic acids is 1. The highest BCUT2D eigenvalue weighted by atomic mass is 16.4. The maximum Gasteiger partial charge on any atom is 0.335 e. The molecule has 84 valence electrons. The molecule has 2 nitrogen and oxygen atoms in total. The molecule has 2 heteroatoms. The third-order valence-electron chi connectivity index (χ3n) is 1.91. The molecule has 0 unspecified atom stereocenters. The summed E-state index contributed by atoms with van der Waals surface area (Å²) in [7, 11) is 0. The Kier molecular flexibility index (Phi) is 3.39. The van der Waals surface area contributed by atoms with Crippen molar-refractivity contribution < 1.29 is 9.90 Å². The maximum absolute atomic E-state index is 10.9. The largest absolute Gasteiger partial charge is 0.478 e. The molecule has 0 radical (unpaired) electrons. The molecule has 0 atom stereocenters. The van der Waals surface area contributed by atoms with Crippen molar-refractivity contribution in [1.29, 1.82) is 0 Å². The van der Waals surface area contributed by atoms with Crippen molar-refractivity contribution in [2.24, 2.45) is 5.41 Å². The van der Waals surface area contributed by atoms with Crippen LogP contribution in [0.15, 0.2) is 18.2 Å². The van der Waals surface area contributed by atoms with Crippen LogP contribution in [0.25, 0.3) is 0 Å². The maximum atomic E-state index is 10.9. The topological polar surface area (TPSA) is 37.3 Å². The predicted octanol–water partition coefficient (Wildman–Crippen LogP) is 3.09. The molecule has 1 N–H and O–H groups in total. The van der Waals surface area contributed by atoms with E-state index in [1.165, 1.54) is 0 Å². The Morgan fingerprint density at radius 1 is 1.25 bits per heavy atom. The van der Waals surface area contributed by atoms with Crippen LogP contribution in [-0.4, -0.2) is 11.1 Å². The van der Waals surface area contributed by atoms with Gasteiger partial charge in [0.25, 0.3) is 0 Å². The number of benzene rings is 1. The molecule has 0 spiro atoms. The lowest BCUT2D eigenvalue weighted by molar-refractivity contribution is 0.0696. The fourth-order valence-corrected chi connectivity index (χ4v) is 1.24. The number of hydrogen-bond acceptors (Lipinski definition) is 1. The minimum atomic E-state index is -0.914. The Morgan fingerprint density at radius 3 is 2.38 bits per heavy atom. The number of hydrogen-bond donors (Lipinski definition) is 1.